The van der Waals surface area contributed by atoms with Crippen LogP contribution in [-0.4, -0.2) is 6.21 Å². The molecule has 1 atom stereocenters. The van der Waals surface area contributed by atoms with E-state index in [1.54, 1.807) is 0 Å². The molecular weight excluding hydrogens is 158 g/mol. The van der Waals surface area contributed by atoms with E-state index < -0.39 is 0 Å². The van der Waals surface area contributed by atoms with Gasteiger partial charge < -0.3 is 0 Å². The molecule has 0 amide bonds. The van der Waals surface area contributed by atoms with Gasteiger partial charge in [0.1, 0.15) is 0 Å². The van der Waals surface area contributed by atoms with Gasteiger partial charge in [-0.15, -0.1) is 0 Å². The van der Waals surface area contributed by atoms with Crippen LogP contribution in [0.25, 0.3) is 0 Å². The summed E-state index contributed by atoms with van der Waals surface area (Å²) in [6.45, 7) is 2.10. The van der Waals surface area contributed by atoms with Crippen molar-refractivity contribution in [1.29, 1.82) is 0 Å². The summed E-state index contributed by atoms with van der Waals surface area (Å²) in [6, 6.07) is 8.95. The number of allylic oxidation sites excluding steroid dienone is 1. The van der Waals surface area contributed by atoms with Gasteiger partial charge in [0.2, 0.25) is 0 Å². The standard InChI is InChI=1S/C12H13N/c1-10-5-7-11(8-6-10)12-4-2-3-9-13-12/h2-3,5-9,12H,4H2,1H3. The number of hydrogen-bond donors (Lipinski definition) is 0. The molecule has 1 aromatic carbocycles. The van der Waals surface area contributed by atoms with Crippen LogP contribution in [0.1, 0.15) is 23.6 Å². The Bertz CT molecular complexity index is 333. The first-order valence-electron chi connectivity index (χ1n) is 4.61. The molecule has 0 saturated carbocycles. The van der Waals surface area contributed by atoms with E-state index in [1.807, 2.05) is 12.3 Å². The molecule has 0 saturated heterocycles. The second kappa shape index (κ2) is 3.56. The number of aryl methyl sites for hydroxylation is 1. The Kier molecular flexibility index (Phi) is 2.26. The fraction of sp³-hybridized carbons (Fsp3) is 0.250. The number of nitrogens with zero attached hydrogens (tertiary/aromatic N) is 1. The summed E-state index contributed by atoms with van der Waals surface area (Å²) in [5.41, 5.74) is 2.62. The van der Waals surface area contributed by atoms with Crippen molar-refractivity contribution >= 4 is 6.21 Å². The molecule has 0 spiro atoms. The first-order valence-corrected chi connectivity index (χ1v) is 4.61. The van der Waals surface area contributed by atoms with Gasteiger partial charge in [0.15, 0.2) is 0 Å². The highest BCUT2D eigenvalue weighted by Gasteiger charge is 2.08. The molecule has 1 nitrogen and oxygen atoms in total. The molecule has 1 aromatic rings. The largest absolute Gasteiger partial charge is 0.285 e. The molecule has 0 bridgehead atoms. The third-order valence-corrected chi connectivity index (χ3v) is 2.31. The summed E-state index contributed by atoms with van der Waals surface area (Å²) in [4.78, 5) is 4.42. The Balaban J connectivity index is 2.21. The van der Waals surface area contributed by atoms with Crippen molar-refractivity contribution in [2.24, 2.45) is 4.99 Å². The van der Waals surface area contributed by atoms with E-state index in [4.69, 9.17) is 0 Å². The average molecular weight is 171 g/mol. The zero-order valence-electron chi connectivity index (χ0n) is 7.77. The van der Waals surface area contributed by atoms with Crippen LogP contribution >= 0.6 is 0 Å². The lowest BCUT2D eigenvalue weighted by atomic mass is 10.0. The molecule has 1 aliphatic rings. The molecule has 1 unspecified atom stereocenters. The Morgan fingerprint density at radius 3 is 2.62 bits per heavy atom. The van der Waals surface area contributed by atoms with Gasteiger partial charge in [0.25, 0.3) is 0 Å². The van der Waals surface area contributed by atoms with E-state index in [1.165, 1.54) is 11.1 Å². The minimum absolute atomic E-state index is 0.339. The summed E-state index contributed by atoms with van der Waals surface area (Å²) < 4.78 is 0. The van der Waals surface area contributed by atoms with Crippen LogP contribution in [0.5, 0.6) is 0 Å². The van der Waals surface area contributed by atoms with Gasteiger partial charge in [-0.25, -0.2) is 0 Å². The van der Waals surface area contributed by atoms with E-state index in [9.17, 15) is 0 Å². The van der Waals surface area contributed by atoms with E-state index >= 15 is 0 Å². The highest BCUT2D eigenvalue weighted by Crippen LogP contribution is 2.23. The summed E-state index contributed by atoms with van der Waals surface area (Å²) in [5, 5.41) is 0. The SMILES string of the molecule is Cc1ccc(C2CC=CC=N2)cc1. The second-order valence-corrected chi connectivity index (χ2v) is 3.39. The summed E-state index contributed by atoms with van der Waals surface area (Å²) >= 11 is 0. The fourth-order valence-corrected chi connectivity index (χ4v) is 1.49. The molecule has 0 N–H and O–H groups in total. The van der Waals surface area contributed by atoms with Crippen LogP contribution in [0, 0.1) is 6.92 Å². The van der Waals surface area contributed by atoms with Crippen LogP contribution in [0.15, 0.2) is 41.4 Å². The number of dihydropyridines is 1. The van der Waals surface area contributed by atoms with Crippen molar-refractivity contribution < 1.29 is 0 Å². The highest BCUT2D eigenvalue weighted by molar-refractivity contribution is 5.72. The zero-order valence-corrected chi connectivity index (χ0v) is 7.77. The highest BCUT2D eigenvalue weighted by atomic mass is 14.8. The smallest absolute Gasteiger partial charge is 0.0783 e. The molecule has 13 heavy (non-hydrogen) atoms. The van der Waals surface area contributed by atoms with Crippen molar-refractivity contribution in [3.05, 3.63) is 47.5 Å². The Labute approximate surface area is 78.8 Å². The second-order valence-electron chi connectivity index (χ2n) is 3.39. The summed E-state index contributed by atoms with van der Waals surface area (Å²) in [5.74, 6) is 0. The molecule has 1 heterocycles. The zero-order chi connectivity index (χ0) is 9.10. The Morgan fingerprint density at radius 2 is 2.00 bits per heavy atom. The van der Waals surface area contributed by atoms with Gasteiger partial charge >= 0.3 is 0 Å². The van der Waals surface area contributed by atoms with Gasteiger partial charge in [-0.2, -0.15) is 0 Å². The van der Waals surface area contributed by atoms with Crippen molar-refractivity contribution in [3.8, 4) is 0 Å². The van der Waals surface area contributed by atoms with Gasteiger partial charge in [0.05, 0.1) is 6.04 Å². The van der Waals surface area contributed by atoms with E-state index in [0.717, 1.165) is 6.42 Å². The normalized spacial score (nSPS) is 20.5. The molecular formula is C12H13N. The minimum atomic E-state index is 0.339. The molecule has 1 heteroatoms. The lowest BCUT2D eigenvalue weighted by molar-refractivity contribution is 0.740. The van der Waals surface area contributed by atoms with E-state index in [2.05, 4.69) is 42.3 Å². The lowest BCUT2D eigenvalue weighted by Gasteiger charge is -2.12. The maximum atomic E-state index is 4.42. The van der Waals surface area contributed by atoms with Crippen molar-refractivity contribution in [2.45, 2.75) is 19.4 Å². The topological polar surface area (TPSA) is 12.4 Å². The molecule has 0 radical (unpaired) electrons. The van der Waals surface area contributed by atoms with E-state index in [-0.39, 0.29) is 0 Å². The van der Waals surface area contributed by atoms with Crippen LogP contribution in [-0.2, 0) is 0 Å². The van der Waals surface area contributed by atoms with Crippen LogP contribution in [0.2, 0.25) is 0 Å². The van der Waals surface area contributed by atoms with Gasteiger partial charge in [-0.05, 0) is 25.0 Å². The van der Waals surface area contributed by atoms with Crippen molar-refractivity contribution in [3.63, 3.8) is 0 Å². The van der Waals surface area contributed by atoms with Crippen LogP contribution in [0.4, 0.5) is 0 Å². The van der Waals surface area contributed by atoms with Crippen LogP contribution < -0.4 is 0 Å². The first kappa shape index (κ1) is 8.24. The molecule has 2 rings (SSSR count). The Morgan fingerprint density at radius 1 is 1.23 bits per heavy atom. The van der Waals surface area contributed by atoms with Crippen molar-refractivity contribution in [2.75, 3.05) is 0 Å². The third-order valence-electron chi connectivity index (χ3n) is 2.31. The average Bonchev–Trinajstić information content (AvgIpc) is 2.20. The maximum Gasteiger partial charge on any atom is 0.0783 e. The number of benzene rings is 1. The maximum absolute atomic E-state index is 4.42. The number of aliphatic imine (C=N–C) groups is 1. The predicted octanol–water partition coefficient (Wildman–Crippen LogP) is 3.07. The van der Waals surface area contributed by atoms with Gasteiger partial charge in [-0.1, -0.05) is 35.9 Å². The monoisotopic (exact) mass is 171 g/mol. The van der Waals surface area contributed by atoms with Gasteiger partial charge in [-0.3, -0.25) is 4.99 Å². The third kappa shape index (κ3) is 1.86. The molecule has 0 aliphatic carbocycles. The summed E-state index contributed by atoms with van der Waals surface area (Å²) in [7, 11) is 0. The molecule has 0 fully saturated rings. The first-order chi connectivity index (χ1) is 6.36. The number of rotatable bonds is 1. The molecule has 1 aliphatic heterocycles. The van der Waals surface area contributed by atoms with E-state index in [0.29, 0.717) is 6.04 Å². The minimum Gasteiger partial charge on any atom is -0.285 e. The van der Waals surface area contributed by atoms with Crippen LogP contribution in [0.3, 0.4) is 0 Å². The molecule has 66 valence electrons. The lowest BCUT2D eigenvalue weighted by Crippen LogP contribution is -1.97. The summed E-state index contributed by atoms with van der Waals surface area (Å²) in [6.07, 6.45) is 7.08. The fourth-order valence-electron chi connectivity index (χ4n) is 1.49. The quantitative estimate of drug-likeness (QED) is 0.615. The van der Waals surface area contributed by atoms with Crippen molar-refractivity contribution in [1.82, 2.24) is 0 Å². The molecule has 0 aromatic heterocycles. The van der Waals surface area contributed by atoms with Gasteiger partial charge in [0, 0.05) is 6.21 Å². The Hall–Kier alpha value is -1.37. The number of hydrogen-bond acceptors (Lipinski definition) is 1. The predicted molar refractivity (Wildman–Crippen MR) is 56.2 cm³/mol.